The average Bonchev–Trinajstić information content (AvgIpc) is 2.70. The van der Waals surface area contributed by atoms with Crippen LogP contribution in [0.5, 0.6) is 0 Å². The van der Waals surface area contributed by atoms with Gasteiger partial charge in [-0.3, -0.25) is 4.79 Å². The molecule has 1 heterocycles. The molecule has 0 aromatic carbocycles. The predicted octanol–water partition coefficient (Wildman–Crippen LogP) is 3.03. The molecule has 1 N–H and O–H groups in total. The van der Waals surface area contributed by atoms with Crippen molar-refractivity contribution in [1.29, 1.82) is 0 Å². The Bertz CT molecular complexity index is 401. The number of hydrogen-bond donors (Lipinski definition) is 1. The van der Waals surface area contributed by atoms with Crippen LogP contribution in [0, 0.1) is 5.92 Å². The quantitative estimate of drug-likeness (QED) is 0.803. The van der Waals surface area contributed by atoms with Gasteiger partial charge >= 0.3 is 12.1 Å². The monoisotopic (exact) mass is 283 g/mol. The first-order chi connectivity index (χ1) is 9.23. The molecule has 5 nitrogen and oxygen atoms in total. The fraction of sp³-hybridized carbons (Fsp3) is 0.867. The number of likely N-dealkylation sites (tertiary alicyclic amines) is 1. The first kappa shape index (κ1) is 15.1. The molecular formula is C15H25NO4. The lowest BCUT2D eigenvalue weighted by Crippen LogP contribution is -2.52. The highest BCUT2D eigenvalue weighted by Crippen LogP contribution is 2.44. The van der Waals surface area contributed by atoms with Gasteiger partial charge in [0.05, 0.1) is 5.92 Å². The van der Waals surface area contributed by atoms with Gasteiger partial charge in [0.15, 0.2) is 0 Å². The number of carbonyl (C=O) groups is 2. The molecule has 0 unspecified atom stereocenters. The number of amides is 1. The number of aliphatic carboxylic acids is 1. The zero-order valence-electron chi connectivity index (χ0n) is 12.6. The topological polar surface area (TPSA) is 66.8 Å². The summed E-state index contributed by atoms with van der Waals surface area (Å²) in [5.74, 6) is -1.06. The lowest BCUT2D eigenvalue weighted by atomic mass is 9.74. The molecule has 2 fully saturated rings. The molecule has 114 valence electrons. The van der Waals surface area contributed by atoms with E-state index in [2.05, 4.69) is 0 Å². The van der Waals surface area contributed by atoms with E-state index in [4.69, 9.17) is 4.74 Å². The third kappa shape index (κ3) is 3.07. The fourth-order valence-electron chi connectivity index (χ4n) is 3.56. The lowest BCUT2D eigenvalue weighted by Gasteiger charge is -2.43. The van der Waals surface area contributed by atoms with E-state index >= 15 is 0 Å². The van der Waals surface area contributed by atoms with Crippen LogP contribution >= 0.6 is 0 Å². The summed E-state index contributed by atoms with van der Waals surface area (Å²) in [7, 11) is 0. The maximum Gasteiger partial charge on any atom is 0.410 e. The largest absolute Gasteiger partial charge is 0.481 e. The van der Waals surface area contributed by atoms with Gasteiger partial charge < -0.3 is 14.7 Å². The van der Waals surface area contributed by atoms with Crippen molar-refractivity contribution in [2.75, 3.05) is 6.54 Å². The number of carboxylic acids is 1. The normalized spacial score (nSPS) is 30.6. The second kappa shape index (κ2) is 5.26. The van der Waals surface area contributed by atoms with Crippen molar-refractivity contribution < 1.29 is 19.4 Å². The second-order valence-electron chi connectivity index (χ2n) is 7.09. The van der Waals surface area contributed by atoms with Crippen LogP contribution in [0.15, 0.2) is 0 Å². The number of carbonyl (C=O) groups excluding carboxylic acids is 1. The highest BCUT2D eigenvalue weighted by Gasteiger charge is 2.48. The van der Waals surface area contributed by atoms with Gasteiger partial charge in [-0.15, -0.1) is 0 Å². The molecule has 1 amide bonds. The minimum Gasteiger partial charge on any atom is -0.481 e. The van der Waals surface area contributed by atoms with Gasteiger partial charge in [-0.1, -0.05) is 6.42 Å². The third-order valence-corrected chi connectivity index (χ3v) is 4.38. The summed E-state index contributed by atoms with van der Waals surface area (Å²) in [5.41, 5.74) is -0.800. The smallest absolute Gasteiger partial charge is 0.410 e. The van der Waals surface area contributed by atoms with Crippen LogP contribution < -0.4 is 0 Å². The van der Waals surface area contributed by atoms with Crippen molar-refractivity contribution in [1.82, 2.24) is 4.90 Å². The van der Waals surface area contributed by atoms with Crippen LogP contribution in [0.1, 0.15) is 59.3 Å². The molecule has 0 bridgehead atoms. The SMILES string of the molecule is CC(C)(C)OC(=O)N1CCC[C@]12CCC[C@@H](C(=O)O)C2. The summed E-state index contributed by atoms with van der Waals surface area (Å²) in [4.78, 5) is 25.4. The van der Waals surface area contributed by atoms with Gasteiger partial charge in [0.1, 0.15) is 5.60 Å². The molecule has 0 aromatic rings. The Morgan fingerprint density at radius 3 is 2.50 bits per heavy atom. The van der Waals surface area contributed by atoms with Gasteiger partial charge in [-0.25, -0.2) is 4.79 Å². The lowest BCUT2D eigenvalue weighted by molar-refractivity contribution is -0.144. The summed E-state index contributed by atoms with van der Waals surface area (Å²) in [6.45, 7) is 6.25. The van der Waals surface area contributed by atoms with E-state index in [9.17, 15) is 14.7 Å². The Morgan fingerprint density at radius 2 is 1.90 bits per heavy atom. The predicted molar refractivity (Wildman–Crippen MR) is 74.5 cm³/mol. The maximum absolute atomic E-state index is 12.4. The molecule has 1 spiro atoms. The molecule has 1 saturated carbocycles. The van der Waals surface area contributed by atoms with E-state index in [1.54, 1.807) is 4.90 Å². The number of ether oxygens (including phenoxy) is 1. The Balaban J connectivity index is 2.13. The third-order valence-electron chi connectivity index (χ3n) is 4.38. The minimum atomic E-state index is -0.736. The van der Waals surface area contributed by atoms with Crippen molar-refractivity contribution in [3.05, 3.63) is 0 Å². The number of nitrogens with zero attached hydrogens (tertiary/aromatic N) is 1. The summed E-state index contributed by atoms with van der Waals surface area (Å²) in [5, 5.41) is 9.26. The molecule has 1 aliphatic carbocycles. The first-order valence-electron chi connectivity index (χ1n) is 7.47. The molecule has 0 radical (unpaired) electrons. The van der Waals surface area contributed by atoms with Crippen molar-refractivity contribution in [3.63, 3.8) is 0 Å². The van der Waals surface area contributed by atoms with Crippen LogP contribution in [0.2, 0.25) is 0 Å². The number of rotatable bonds is 1. The molecule has 20 heavy (non-hydrogen) atoms. The fourth-order valence-corrected chi connectivity index (χ4v) is 3.56. The molecule has 2 atom stereocenters. The van der Waals surface area contributed by atoms with E-state index in [-0.39, 0.29) is 17.6 Å². The molecule has 0 aromatic heterocycles. The molecule has 1 aliphatic heterocycles. The van der Waals surface area contributed by atoms with E-state index < -0.39 is 11.6 Å². The maximum atomic E-state index is 12.4. The Kier molecular flexibility index (Phi) is 3.98. The van der Waals surface area contributed by atoms with Crippen molar-refractivity contribution in [3.8, 4) is 0 Å². The van der Waals surface area contributed by atoms with Crippen molar-refractivity contribution in [2.24, 2.45) is 5.92 Å². The minimum absolute atomic E-state index is 0.288. The van der Waals surface area contributed by atoms with E-state index in [1.807, 2.05) is 20.8 Å². The van der Waals surface area contributed by atoms with Crippen LogP contribution in [0.25, 0.3) is 0 Å². The van der Waals surface area contributed by atoms with Crippen LogP contribution in [0.3, 0.4) is 0 Å². The van der Waals surface area contributed by atoms with E-state index in [0.717, 1.165) is 32.1 Å². The Hall–Kier alpha value is -1.26. The molecule has 2 rings (SSSR count). The van der Waals surface area contributed by atoms with Gasteiger partial charge in [-0.05, 0) is 52.9 Å². The van der Waals surface area contributed by atoms with Gasteiger partial charge in [0, 0.05) is 12.1 Å². The standard InChI is InChI=1S/C15H25NO4/c1-14(2,3)20-13(19)16-9-5-8-15(16)7-4-6-11(10-15)12(17)18/h11H,4-10H2,1-3H3,(H,17,18)/t11-,15+/m1/s1. The summed E-state index contributed by atoms with van der Waals surface area (Å²) < 4.78 is 5.48. The van der Waals surface area contributed by atoms with E-state index in [1.165, 1.54) is 0 Å². The number of hydrogen-bond acceptors (Lipinski definition) is 3. The van der Waals surface area contributed by atoms with E-state index in [0.29, 0.717) is 13.0 Å². The zero-order chi connectivity index (χ0) is 15.0. The molecule has 5 heteroatoms. The van der Waals surface area contributed by atoms with Gasteiger partial charge in [-0.2, -0.15) is 0 Å². The summed E-state index contributed by atoms with van der Waals surface area (Å²) >= 11 is 0. The summed E-state index contributed by atoms with van der Waals surface area (Å²) in [6, 6.07) is 0. The van der Waals surface area contributed by atoms with Gasteiger partial charge in [0.25, 0.3) is 0 Å². The second-order valence-corrected chi connectivity index (χ2v) is 7.09. The first-order valence-corrected chi connectivity index (χ1v) is 7.47. The van der Waals surface area contributed by atoms with Crippen LogP contribution in [-0.2, 0) is 9.53 Å². The molecular weight excluding hydrogens is 258 g/mol. The van der Waals surface area contributed by atoms with Crippen molar-refractivity contribution >= 4 is 12.1 Å². The van der Waals surface area contributed by atoms with Crippen molar-refractivity contribution in [2.45, 2.75) is 70.4 Å². The number of carboxylic acid groups (broad SMARTS) is 1. The van der Waals surface area contributed by atoms with Crippen LogP contribution in [0.4, 0.5) is 4.79 Å². The van der Waals surface area contributed by atoms with Crippen LogP contribution in [-0.4, -0.2) is 39.8 Å². The van der Waals surface area contributed by atoms with Gasteiger partial charge in [0.2, 0.25) is 0 Å². The highest BCUT2D eigenvalue weighted by atomic mass is 16.6. The summed E-state index contributed by atoms with van der Waals surface area (Å²) in [6.07, 6.45) is 4.61. The molecule has 1 saturated heterocycles. The Labute approximate surface area is 120 Å². The molecule has 2 aliphatic rings. The Morgan fingerprint density at radius 1 is 1.25 bits per heavy atom. The zero-order valence-corrected chi connectivity index (χ0v) is 12.6. The average molecular weight is 283 g/mol. The highest BCUT2D eigenvalue weighted by molar-refractivity contribution is 5.72.